The molecule has 0 aliphatic carbocycles. The molecular formula is C25H24F3N3O5. The predicted molar refractivity (Wildman–Crippen MR) is 128 cm³/mol. The van der Waals surface area contributed by atoms with Gasteiger partial charge in [0.15, 0.2) is 11.4 Å². The van der Waals surface area contributed by atoms with Gasteiger partial charge in [0, 0.05) is 17.4 Å². The average Bonchev–Trinajstić information content (AvgIpc) is 2.81. The molecule has 1 aliphatic rings. The number of aromatic nitrogens is 1. The largest absolute Gasteiger partial charge is 0.488 e. The second-order valence-electron chi connectivity index (χ2n) is 8.39. The minimum absolute atomic E-state index is 0.00172. The molecule has 0 radical (unpaired) electrons. The Kier molecular flexibility index (Phi) is 7.20. The lowest BCUT2D eigenvalue weighted by molar-refractivity contribution is -0.150. The van der Waals surface area contributed by atoms with E-state index in [4.69, 9.17) is 14.2 Å². The van der Waals surface area contributed by atoms with Gasteiger partial charge in [-0.15, -0.1) is 0 Å². The highest BCUT2D eigenvalue weighted by atomic mass is 19.3. The molecule has 0 spiro atoms. The summed E-state index contributed by atoms with van der Waals surface area (Å²) < 4.78 is 57.9. The van der Waals surface area contributed by atoms with Crippen molar-refractivity contribution >= 4 is 17.4 Å². The van der Waals surface area contributed by atoms with Gasteiger partial charge in [-0.3, -0.25) is 4.79 Å². The van der Waals surface area contributed by atoms with Crippen LogP contribution in [0.25, 0.3) is 11.1 Å². The normalized spacial score (nSPS) is 14.2. The number of halogens is 3. The molecule has 8 nitrogen and oxygen atoms in total. The zero-order chi connectivity index (χ0) is 25.9. The van der Waals surface area contributed by atoms with E-state index in [0.717, 1.165) is 6.07 Å². The molecule has 3 aromatic rings. The molecule has 0 saturated carbocycles. The topological polar surface area (TPSA) is 102 Å². The fourth-order valence-corrected chi connectivity index (χ4v) is 3.58. The number of urea groups is 1. The van der Waals surface area contributed by atoms with Gasteiger partial charge in [0.2, 0.25) is 0 Å². The first-order chi connectivity index (χ1) is 17.2. The first kappa shape index (κ1) is 25.1. The van der Waals surface area contributed by atoms with Crippen molar-refractivity contribution in [2.75, 3.05) is 30.5 Å². The zero-order valence-electron chi connectivity index (χ0n) is 19.5. The quantitative estimate of drug-likeness (QED) is 0.386. The lowest BCUT2D eigenvalue weighted by Crippen LogP contribution is -2.51. The lowest BCUT2D eigenvalue weighted by Gasteiger charge is -2.38. The van der Waals surface area contributed by atoms with Crippen LogP contribution in [0.15, 0.2) is 53.5 Å². The summed E-state index contributed by atoms with van der Waals surface area (Å²) in [5.41, 5.74) is -0.563. The lowest BCUT2D eigenvalue weighted by atomic mass is 10.0. The van der Waals surface area contributed by atoms with Gasteiger partial charge in [0.25, 0.3) is 12.0 Å². The Morgan fingerprint density at radius 2 is 1.89 bits per heavy atom. The molecule has 2 aromatic carbocycles. The Morgan fingerprint density at radius 3 is 2.53 bits per heavy atom. The number of carbonyl (C=O) groups excluding carboxylic acids is 1. The molecular weight excluding hydrogens is 479 g/mol. The summed E-state index contributed by atoms with van der Waals surface area (Å²) in [6, 6.07) is 8.61. The SMILES string of the molecule is CCOc1cc(-c2ccc(NC(=O)Nc3ccc(OC4(C)COC4)c(C(F)F)c3)c(F)c2)c[nH]c1=O. The first-order valence-corrected chi connectivity index (χ1v) is 11.1. The van der Waals surface area contributed by atoms with Crippen LogP contribution in [-0.4, -0.2) is 36.4 Å². The molecule has 1 aromatic heterocycles. The van der Waals surface area contributed by atoms with Gasteiger partial charge in [0.05, 0.1) is 31.1 Å². The van der Waals surface area contributed by atoms with Gasteiger partial charge in [-0.1, -0.05) is 6.07 Å². The van der Waals surface area contributed by atoms with E-state index in [1.165, 1.54) is 36.5 Å². The van der Waals surface area contributed by atoms with Gasteiger partial charge in [-0.2, -0.15) is 0 Å². The third-order valence-electron chi connectivity index (χ3n) is 5.39. The van der Waals surface area contributed by atoms with Crippen molar-refractivity contribution in [2.24, 2.45) is 0 Å². The molecule has 36 heavy (non-hydrogen) atoms. The van der Waals surface area contributed by atoms with Crippen LogP contribution in [-0.2, 0) is 4.74 Å². The van der Waals surface area contributed by atoms with Gasteiger partial charge >= 0.3 is 6.03 Å². The van der Waals surface area contributed by atoms with Crippen molar-refractivity contribution < 1.29 is 32.2 Å². The van der Waals surface area contributed by atoms with Gasteiger partial charge in [-0.25, -0.2) is 18.0 Å². The molecule has 4 rings (SSSR count). The molecule has 0 unspecified atom stereocenters. The van der Waals surface area contributed by atoms with Crippen LogP contribution in [0.1, 0.15) is 25.8 Å². The first-order valence-electron chi connectivity index (χ1n) is 11.1. The second kappa shape index (κ2) is 10.3. The summed E-state index contributed by atoms with van der Waals surface area (Å²) in [5, 5.41) is 4.77. The smallest absolute Gasteiger partial charge is 0.323 e. The standard InChI is InChI=1S/C25H24F3N3O5/c1-3-35-21-9-15(11-29-23(21)32)14-4-6-19(18(26)8-14)31-24(33)30-16-5-7-20(17(10-16)22(27)28)36-25(2)12-34-13-25/h4-11,22H,3,12-13H2,1-2H3,(H,29,32)(H2,30,31,33). The molecule has 2 heterocycles. The number of H-pyrrole nitrogens is 1. The van der Waals surface area contributed by atoms with Gasteiger partial charge in [0.1, 0.15) is 11.6 Å². The highest BCUT2D eigenvalue weighted by molar-refractivity contribution is 6.00. The number of hydrogen-bond acceptors (Lipinski definition) is 5. The van der Waals surface area contributed by atoms with Gasteiger partial charge < -0.3 is 29.8 Å². The van der Waals surface area contributed by atoms with E-state index < -0.39 is 29.4 Å². The number of ether oxygens (including phenoxy) is 3. The van der Waals surface area contributed by atoms with Crippen LogP contribution < -0.4 is 25.7 Å². The van der Waals surface area contributed by atoms with Crippen molar-refractivity contribution in [3.8, 4) is 22.6 Å². The molecule has 2 amide bonds. The molecule has 1 aliphatic heterocycles. The minimum Gasteiger partial charge on any atom is -0.488 e. The Hall–Kier alpha value is -3.99. The van der Waals surface area contributed by atoms with E-state index in [-0.39, 0.29) is 28.4 Å². The fourth-order valence-electron chi connectivity index (χ4n) is 3.58. The minimum atomic E-state index is -2.84. The molecule has 1 fully saturated rings. The number of carbonyl (C=O) groups is 1. The molecule has 0 atom stereocenters. The molecule has 3 N–H and O–H groups in total. The van der Waals surface area contributed by atoms with Crippen LogP contribution >= 0.6 is 0 Å². The predicted octanol–water partition coefficient (Wildman–Crippen LogP) is 5.33. The number of pyridine rings is 1. The maximum Gasteiger partial charge on any atom is 0.323 e. The van der Waals surface area contributed by atoms with E-state index in [9.17, 15) is 22.8 Å². The van der Waals surface area contributed by atoms with Crippen LogP contribution in [0.5, 0.6) is 11.5 Å². The van der Waals surface area contributed by atoms with Crippen LogP contribution in [0.2, 0.25) is 0 Å². The molecule has 0 bridgehead atoms. The molecule has 11 heteroatoms. The number of rotatable bonds is 8. The number of alkyl halides is 2. The summed E-state index contributed by atoms with van der Waals surface area (Å²) in [6.45, 7) is 4.36. The van der Waals surface area contributed by atoms with Crippen molar-refractivity contribution in [3.63, 3.8) is 0 Å². The number of hydrogen-bond donors (Lipinski definition) is 3. The van der Waals surface area contributed by atoms with E-state index >= 15 is 0 Å². The second-order valence-corrected chi connectivity index (χ2v) is 8.39. The Bertz CT molecular complexity index is 1320. The molecule has 1 saturated heterocycles. The van der Waals surface area contributed by atoms with E-state index in [0.29, 0.717) is 30.9 Å². The summed E-state index contributed by atoms with van der Waals surface area (Å²) in [6.07, 6.45) is -1.42. The van der Waals surface area contributed by atoms with Crippen molar-refractivity contribution in [1.82, 2.24) is 4.98 Å². The van der Waals surface area contributed by atoms with Crippen LogP contribution in [0.3, 0.4) is 0 Å². The Balaban J connectivity index is 1.46. The van der Waals surface area contributed by atoms with Crippen LogP contribution in [0.4, 0.5) is 29.3 Å². The monoisotopic (exact) mass is 503 g/mol. The van der Waals surface area contributed by atoms with Crippen LogP contribution in [0, 0.1) is 5.82 Å². The van der Waals surface area contributed by atoms with E-state index in [2.05, 4.69) is 15.6 Å². The Labute approximate surface area is 204 Å². The maximum absolute atomic E-state index is 14.7. The highest BCUT2D eigenvalue weighted by Crippen LogP contribution is 2.35. The third-order valence-corrected chi connectivity index (χ3v) is 5.39. The van der Waals surface area contributed by atoms with Crippen molar-refractivity contribution in [3.05, 3.63) is 70.4 Å². The summed E-state index contributed by atoms with van der Waals surface area (Å²) in [5.74, 6) is -0.635. The summed E-state index contributed by atoms with van der Waals surface area (Å²) in [7, 11) is 0. The summed E-state index contributed by atoms with van der Waals surface area (Å²) in [4.78, 5) is 26.7. The maximum atomic E-state index is 14.7. The Morgan fingerprint density at radius 1 is 1.11 bits per heavy atom. The fraction of sp³-hybridized carbons (Fsp3) is 0.280. The average molecular weight is 503 g/mol. The molecule has 190 valence electrons. The number of amides is 2. The number of nitrogens with one attached hydrogen (secondary N) is 3. The van der Waals surface area contributed by atoms with Crippen molar-refractivity contribution in [2.45, 2.75) is 25.9 Å². The van der Waals surface area contributed by atoms with Gasteiger partial charge in [-0.05, 0) is 55.8 Å². The zero-order valence-corrected chi connectivity index (χ0v) is 19.5. The summed E-state index contributed by atoms with van der Waals surface area (Å²) >= 11 is 0. The van der Waals surface area contributed by atoms with E-state index in [1.54, 1.807) is 19.9 Å². The number of benzene rings is 2. The number of anilines is 2. The van der Waals surface area contributed by atoms with Crippen molar-refractivity contribution in [1.29, 1.82) is 0 Å². The van der Waals surface area contributed by atoms with E-state index in [1.807, 2.05) is 0 Å². The third kappa shape index (κ3) is 5.62. The number of aromatic amines is 1. The highest BCUT2D eigenvalue weighted by Gasteiger charge is 2.36.